The van der Waals surface area contributed by atoms with Crippen molar-refractivity contribution in [3.8, 4) is 0 Å². The van der Waals surface area contributed by atoms with Crippen LogP contribution in [-0.2, 0) is 14.8 Å². The molecule has 1 aromatic rings. The molecule has 1 fully saturated rings. The molecule has 0 N–H and O–H groups in total. The minimum absolute atomic E-state index is 0.154. The molecule has 0 unspecified atom stereocenters. The van der Waals surface area contributed by atoms with Gasteiger partial charge in [0.1, 0.15) is 6.54 Å². The van der Waals surface area contributed by atoms with Crippen LogP contribution in [0, 0.1) is 0 Å². The predicted octanol–water partition coefficient (Wildman–Crippen LogP) is 3.16. The van der Waals surface area contributed by atoms with Gasteiger partial charge in [0.05, 0.1) is 22.0 Å². The van der Waals surface area contributed by atoms with Gasteiger partial charge in [0.2, 0.25) is 15.9 Å². The molecular formula is C15H20Cl2N2O3S. The quantitative estimate of drug-likeness (QED) is 0.808. The average Bonchev–Trinajstić information content (AvgIpc) is 2.73. The van der Waals surface area contributed by atoms with Crippen LogP contribution in [0.4, 0.5) is 5.69 Å². The number of sulfonamides is 1. The molecular weight excluding hydrogens is 359 g/mol. The van der Waals surface area contributed by atoms with E-state index in [1.165, 1.54) is 0 Å². The Labute approximate surface area is 147 Å². The van der Waals surface area contributed by atoms with Crippen molar-refractivity contribution in [1.82, 2.24) is 4.90 Å². The predicted molar refractivity (Wildman–Crippen MR) is 93.7 cm³/mol. The number of halogens is 2. The fourth-order valence-electron chi connectivity index (χ4n) is 2.63. The van der Waals surface area contributed by atoms with Crippen molar-refractivity contribution in [2.75, 3.05) is 30.2 Å². The maximum absolute atomic E-state index is 12.5. The molecule has 1 aliphatic heterocycles. The van der Waals surface area contributed by atoms with Crippen LogP contribution in [-0.4, -0.2) is 45.1 Å². The summed E-state index contributed by atoms with van der Waals surface area (Å²) in [5.74, 6) is -0.228. The van der Waals surface area contributed by atoms with E-state index in [-0.39, 0.29) is 28.2 Å². The zero-order valence-corrected chi connectivity index (χ0v) is 15.3. The van der Waals surface area contributed by atoms with E-state index in [4.69, 9.17) is 23.2 Å². The van der Waals surface area contributed by atoms with Crippen molar-refractivity contribution in [3.05, 3.63) is 28.2 Å². The van der Waals surface area contributed by atoms with Crippen molar-refractivity contribution < 1.29 is 13.2 Å². The van der Waals surface area contributed by atoms with Gasteiger partial charge in [-0.05, 0) is 25.0 Å². The molecule has 2 rings (SSSR count). The Balaban J connectivity index is 2.28. The van der Waals surface area contributed by atoms with Gasteiger partial charge in [0.15, 0.2) is 0 Å². The van der Waals surface area contributed by atoms with E-state index >= 15 is 0 Å². The monoisotopic (exact) mass is 378 g/mol. The van der Waals surface area contributed by atoms with Crippen LogP contribution in [0.2, 0.25) is 10.0 Å². The topological polar surface area (TPSA) is 57.7 Å². The Hall–Kier alpha value is -0.980. The van der Waals surface area contributed by atoms with E-state index < -0.39 is 10.0 Å². The van der Waals surface area contributed by atoms with Crippen LogP contribution in [0.1, 0.15) is 25.7 Å². The van der Waals surface area contributed by atoms with Crippen LogP contribution in [0.5, 0.6) is 0 Å². The van der Waals surface area contributed by atoms with Gasteiger partial charge in [-0.1, -0.05) is 42.1 Å². The molecule has 0 saturated carbocycles. The van der Waals surface area contributed by atoms with Crippen molar-refractivity contribution in [1.29, 1.82) is 0 Å². The first-order chi connectivity index (χ1) is 10.8. The van der Waals surface area contributed by atoms with E-state index in [0.717, 1.165) is 36.2 Å². The molecule has 23 heavy (non-hydrogen) atoms. The third-order valence-electron chi connectivity index (χ3n) is 3.82. The fraction of sp³-hybridized carbons (Fsp3) is 0.533. The standard InChI is InChI=1S/C15H20Cl2N2O3S/c1-23(21,22)19(15-12(16)7-6-8-13(15)17)11-14(20)18-9-4-2-3-5-10-18/h6-8H,2-5,9-11H2,1H3. The number of likely N-dealkylation sites (tertiary alicyclic amines) is 1. The van der Waals surface area contributed by atoms with Gasteiger partial charge in [-0.25, -0.2) is 8.42 Å². The Kier molecular flexibility index (Phi) is 6.17. The molecule has 0 spiro atoms. The summed E-state index contributed by atoms with van der Waals surface area (Å²) in [7, 11) is -3.69. The first-order valence-electron chi connectivity index (χ1n) is 7.50. The van der Waals surface area contributed by atoms with Crippen molar-refractivity contribution >= 4 is 44.8 Å². The number of carbonyl (C=O) groups is 1. The average molecular weight is 379 g/mol. The van der Waals surface area contributed by atoms with Gasteiger partial charge < -0.3 is 4.90 Å². The maximum Gasteiger partial charge on any atom is 0.243 e. The highest BCUT2D eigenvalue weighted by atomic mass is 35.5. The lowest BCUT2D eigenvalue weighted by Crippen LogP contribution is -2.43. The number of benzene rings is 1. The van der Waals surface area contributed by atoms with Gasteiger partial charge >= 0.3 is 0 Å². The molecule has 1 aliphatic rings. The fourth-order valence-corrected chi connectivity index (χ4v) is 4.21. The van der Waals surface area contributed by atoms with Crippen LogP contribution >= 0.6 is 23.2 Å². The SMILES string of the molecule is CS(=O)(=O)N(CC(=O)N1CCCCCC1)c1c(Cl)cccc1Cl. The van der Waals surface area contributed by atoms with Crippen LogP contribution in [0.15, 0.2) is 18.2 Å². The summed E-state index contributed by atoms with van der Waals surface area (Å²) >= 11 is 12.2. The van der Waals surface area contributed by atoms with Gasteiger partial charge in [0.25, 0.3) is 0 Å². The zero-order chi connectivity index (χ0) is 17.0. The third-order valence-corrected chi connectivity index (χ3v) is 5.55. The molecule has 128 valence electrons. The Morgan fingerprint density at radius 3 is 2.13 bits per heavy atom. The molecule has 0 aliphatic carbocycles. The number of rotatable bonds is 4. The van der Waals surface area contributed by atoms with Gasteiger partial charge in [-0.3, -0.25) is 9.10 Å². The molecule has 1 amide bonds. The van der Waals surface area contributed by atoms with Crippen molar-refractivity contribution in [3.63, 3.8) is 0 Å². The molecule has 5 nitrogen and oxygen atoms in total. The summed E-state index contributed by atoms with van der Waals surface area (Å²) in [6, 6.07) is 4.74. The summed E-state index contributed by atoms with van der Waals surface area (Å²) in [5, 5.41) is 0.401. The number of hydrogen-bond acceptors (Lipinski definition) is 3. The molecule has 8 heteroatoms. The lowest BCUT2D eigenvalue weighted by atomic mass is 10.2. The van der Waals surface area contributed by atoms with E-state index in [2.05, 4.69) is 0 Å². The lowest BCUT2D eigenvalue weighted by molar-refractivity contribution is -0.129. The van der Waals surface area contributed by atoms with E-state index in [9.17, 15) is 13.2 Å². The number of amides is 1. The van der Waals surface area contributed by atoms with Crippen LogP contribution in [0.3, 0.4) is 0 Å². The molecule has 0 radical (unpaired) electrons. The van der Waals surface area contributed by atoms with Crippen LogP contribution in [0.25, 0.3) is 0 Å². The number of hydrogen-bond donors (Lipinski definition) is 0. The highest BCUT2D eigenvalue weighted by molar-refractivity contribution is 7.92. The Morgan fingerprint density at radius 1 is 1.13 bits per heavy atom. The number of carbonyl (C=O) groups excluding carboxylic acids is 1. The largest absolute Gasteiger partial charge is 0.341 e. The third kappa shape index (κ3) is 4.75. The van der Waals surface area contributed by atoms with Gasteiger partial charge in [-0.2, -0.15) is 0 Å². The summed E-state index contributed by atoms with van der Waals surface area (Å²) in [6.07, 6.45) is 5.11. The first-order valence-corrected chi connectivity index (χ1v) is 10.1. The number of para-hydroxylation sites is 1. The summed E-state index contributed by atoms with van der Waals surface area (Å²) < 4.78 is 25.3. The molecule has 1 aromatic carbocycles. The second-order valence-corrected chi connectivity index (χ2v) is 8.36. The van der Waals surface area contributed by atoms with E-state index in [1.54, 1.807) is 23.1 Å². The normalized spacial score (nSPS) is 16.0. The Bertz CT molecular complexity index is 651. The van der Waals surface area contributed by atoms with Crippen molar-refractivity contribution in [2.24, 2.45) is 0 Å². The first kappa shape index (κ1) is 18.4. The second-order valence-electron chi connectivity index (χ2n) is 5.63. The molecule has 0 bridgehead atoms. The van der Waals surface area contributed by atoms with Gasteiger partial charge in [-0.15, -0.1) is 0 Å². The van der Waals surface area contributed by atoms with Gasteiger partial charge in [0, 0.05) is 13.1 Å². The maximum atomic E-state index is 12.5. The van der Waals surface area contributed by atoms with E-state index in [1.807, 2.05) is 0 Å². The van der Waals surface area contributed by atoms with Crippen molar-refractivity contribution in [2.45, 2.75) is 25.7 Å². The number of nitrogens with zero attached hydrogens (tertiary/aromatic N) is 2. The van der Waals surface area contributed by atoms with E-state index in [0.29, 0.717) is 13.1 Å². The highest BCUT2D eigenvalue weighted by Crippen LogP contribution is 2.34. The smallest absolute Gasteiger partial charge is 0.243 e. The highest BCUT2D eigenvalue weighted by Gasteiger charge is 2.27. The summed E-state index contributed by atoms with van der Waals surface area (Å²) in [5.41, 5.74) is 0.154. The Morgan fingerprint density at radius 2 is 1.65 bits per heavy atom. The molecule has 1 saturated heterocycles. The lowest BCUT2D eigenvalue weighted by Gasteiger charge is -2.27. The molecule has 0 aromatic heterocycles. The summed E-state index contributed by atoms with van der Waals surface area (Å²) in [4.78, 5) is 14.3. The zero-order valence-electron chi connectivity index (χ0n) is 13.0. The minimum Gasteiger partial charge on any atom is -0.341 e. The number of anilines is 1. The molecule has 1 heterocycles. The summed E-state index contributed by atoms with van der Waals surface area (Å²) in [6.45, 7) is 1.03. The van der Waals surface area contributed by atoms with Crippen LogP contribution < -0.4 is 4.31 Å². The minimum atomic E-state index is -3.69. The molecule has 0 atom stereocenters. The second kappa shape index (κ2) is 7.73.